The third-order valence-electron chi connectivity index (χ3n) is 1.92. The van der Waals surface area contributed by atoms with Gasteiger partial charge in [0.1, 0.15) is 0 Å². The van der Waals surface area contributed by atoms with Crippen molar-refractivity contribution >= 4 is 5.69 Å². The Labute approximate surface area is 76.8 Å². The van der Waals surface area contributed by atoms with Gasteiger partial charge in [0.25, 0.3) is 0 Å². The summed E-state index contributed by atoms with van der Waals surface area (Å²) in [6.07, 6.45) is 3.69. The van der Waals surface area contributed by atoms with Crippen molar-refractivity contribution in [2.45, 2.75) is 0 Å². The fraction of sp³-hybridized carbons (Fsp3) is 0.100. The van der Waals surface area contributed by atoms with E-state index in [4.69, 9.17) is 0 Å². The Morgan fingerprint density at radius 1 is 1.38 bits per heavy atom. The molecule has 3 heteroatoms. The zero-order valence-electron chi connectivity index (χ0n) is 7.41. The molecule has 0 aliphatic heterocycles. The zero-order chi connectivity index (χ0) is 9.10. The van der Waals surface area contributed by atoms with Crippen LogP contribution in [0, 0.1) is 0 Å². The van der Waals surface area contributed by atoms with Crippen molar-refractivity contribution in [2.24, 2.45) is 0 Å². The molecule has 0 atom stereocenters. The summed E-state index contributed by atoms with van der Waals surface area (Å²) in [6, 6.07) is 7.91. The van der Waals surface area contributed by atoms with Crippen LogP contribution in [0.2, 0.25) is 0 Å². The van der Waals surface area contributed by atoms with E-state index in [1.807, 2.05) is 37.5 Å². The maximum absolute atomic E-state index is 4.26. The van der Waals surface area contributed by atoms with Crippen LogP contribution in [0.15, 0.2) is 36.7 Å². The Balaban J connectivity index is 2.41. The minimum atomic E-state index is 0.955. The third kappa shape index (κ3) is 1.54. The van der Waals surface area contributed by atoms with Crippen molar-refractivity contribution in [1.29, 1.82) is 0 Å². The summed E-state index contributed by atoms with van der Waals surface area (Å²) in [7, 11) is 1.90. The average Bonchev–Trinajstić information content (AvgIpc) is 2.71. The second kappa shape index (κ2) is 3.31. The lowest BCUT2D eigenvalue weighted by Crippen LogP contribution is -1.90. The minimum Gasteiger partial charge on any atom is -0.388 e. The molecule has 0 aliphatic carbocycles. The van der Waals surface area contributed by atoms with Gasteiger partial charge in [0.15, 0.2) is 0 Å². The van der Waals surface area contributed by atoms with Crippen molar-refractivity contribution in [2.75, 3.05) is 12.4 Å². The molecule has 0 unspecified atom stereocenters. The molecule has 3 nitrogen and oxygen atoms in total. The molecule has 0 saturated heterocycles. The number of aromatic nitrogens is 2. The van der Waals surface area contributed by atoms with Gasteiger partial charge in [-0.05, 0) is 24.3 Å². The molecule has 66 valence electrons. The molecule has 0 bridgehead atoms. The molecule has 0 fully saturated rings. The molecular formula is C10H11N3. The molecule has 2 rings (SSSR count). The van der Waals surface area contributed by atoms with E-state index in [9.17, 15) is 0 Å². The van der Waals surface area contributed by atoms with Crippen LogP contribution in [-0.4, -0.2) is 17.0 Å². The first kappa shape index (κ1) is 7.86. The fourth-order valence-electron chi connectivity index (χ4n) is 1.22. The number of hydrogen-bond acceptors (Lipinski definition) is 2. The second-order valence-electron chi connectivity index (χ2n) is 2.76. The van der Waals surface area contributed by atoms with E-state index in [0.29, 0.717) is 0 Å². The summed E-state index contributed by atoms with van der Waals surface area (Å²) < 4.78 is 0. The molecule has 13 heavy (non-hydrogen) atoms. The summed E-state index contributed by atoms with van der Waals surface area (Å²) in [5, 5.41) is 3.08. The molecule has 2 aromatic heterocycles. The molecule has 0 aliphatic rings. The van der Waals surface area contributed by atoms with Crippen LogP contribution in [0.4, 0.5) is 5.69 Å². The average molecular weight is 173 g/mol. The van der Waals surface area contributed by atoms with Crippen molar-refractivity contribution in [3.05, 3.63) is 36.7 Å². The summed E-state index contributed by atoms with van der Waals surface area (Å²) >= 11 is 0. The summed E-state index contributed by atoms with van der Waals surface area (Å²) in [6.45, 7) is 0. The van der Waals surface area contributed by atoms with Crippen molar-refractivity contribution in [1.82, 2.24) is 9.97 Å². The van der Waals surface area contributed by atoms with E-state index in [0.717, 1.165) is 17.1 Å². The molecule has 0 radical (unpaired) electrons. The Kier molecular flexibility index (Phi) is 2.00. The van der Waals surface area contributed by atoms with Gasteiger partial charge in [-0.2, -0.15) is 0 Å². The Hall–Kier alpha value is -1.77. The van der Waals surface area contributed by atoms with Gasteiger partial charge in [-0.3, -0.25) is 4.98 Å². The molecule has 0 saturated carbocycles. The molecule has 0 spiro atoms. The Bertz CT molecular complexity index is 379. The number of rotatable bonds is 2. The number of aromatic amines is 1. The van der Waals surface area contributed by atoms with Crippen molar-refractivity contribution in [3.8, 4) is 11.4 Å². The highest BCUT2D eigenvalue weighted by molar-refractivity contribution is 5.60. The van der Waals surface area contributed by atoms with Gasteiger partial charge < -0.3 is 10.3 Å². The van der Waals surface area contributed by atoms with E-state index < -0.39 is 0 Å². The van der Waals surface area contributed by atoms with Gasteiger partial charge in [0.2, 0.25) is 0 Å². The van der Waals surface area contributed by atoms with Crippen LogP contribution in [0.25, 0.3) is 11.4 Å². The van der Waals surface area contributed by atoms with Crippen molar-refractivity contribution < 1.29 is 0 Å². The van der Waals surface area contributed by atoms with Crippen molar-refractivity contribution in [3.63, 3.8) is 0 Å². The monoisotopic (exact) mass is 173 g/mol. The highest BCUT2D eigenvalue weighted by Gasteiger charge is 1.99. The normalized spacial score (nSPS) is 9.92. The third-order valence-corrected chi connectivity index (χ3v) is 1.92. The van der Waals surface area contributed by atoms with E-state index in [1.165, 1.54) is 0 Å². The van der Waals surface area contributed by atoms with E-state index in [-0.39, 0.29) is 0 Å². The van der Waals surface area contributed by atoms with Crippen LogP contribution >= 0.6 is 0 Å². The molecular weight excluding hydrogens is 162 g/mol. The predicted octanol–water partition coefficient (Wildman–Crippen LogP) is 2.12. The molecule has 2 N–H and O–H groups in total. The predicted molar refractivity (Wildman–Crippen MR) is 53.6 cm³/mol. The van der Waals surface area contributed by atoms with Gasteiger partial charge in [-0.1, -0.05) is 0 Å². The fourth-order valence-corrected chi connectivity index (χ4v) is 1.22. The molecule has 2 heterocycles. The lowest BCUT2D eigenvalue weighted by Gasteiger charge is -2.01. The SMILES string of the molecule is CNc1ccnc(-c2ccc[nH]2)c1. The van der Waals surface area contributed by atoms with Crippen LogP contribution in [0.1, 0.15) is 0 Å². The van der Waals surface area contributed by atoms with Crippen LogP contribution in [0.5, 0.6) is 0 Å². The number of nitrogens with zero attached hydrogens (tertiary/aromatic N) is 1. The summed E-state index contributed by atoms with van der Waals surface area (Å²) in [5.74, 6) is 0. The molecule has 2 aromatic rings. The molecule has 0 amide bonds. The smallest absolute Gasteiger partial charge is 0.0884 e. The summed E-state index contributed by atoms with van der Waals surface area (Å²) in [4.78, 5) is 7.37. The number of pyridine rings is 1. The highest BCUT2D eigenvalue weighted by atomic mass is 14.8. The number of hydrogen-bond donors (Lipinski definition) is 2. The van der Waals surface area contributed by atoms with Crippen LogP contribution in [-0.2, 0) is 0 Å². The zero-order valence-corrected chi connectivity index (χ0v) is 7.41. The number of nitrogens with one attached hydrogen (secondary N) is 2. The van der Waals surface area contributed by atoms with Gasteiger partial charge in [-0.15, -0.1) is 0 Å². The highest BCUT2D eigenvalue weighted by Crippen LogP contribution is 2.17. The van der Waals surface area contributed by atoms with E-state index in [1.54, 1.807) is 6.20 Å². The minimum absolute atomic E-state index is 0.955. The maximum Gasteiger partial charge on any atom is 0.0884 e. The van der Waals surface area contributed by atoms with Gasteiger partial charge >= 0.3 is 0 Å². The topological polar surface area (TPSA) is 40.7 Å². The van der Waals surface area contributed by atoms with Gasteiger partial charge in [0.05, 0.1) is 11.4 Å². The van der Waals surface area contributed by atoms with Crippen LogP contribution in [0.3, 0.4) is 0 Å². The lowest BCUT2D eigenvalue weighted by molar-refractivity contribution is 1.27. The van der Waals surface area contributed by atoms with E-state index in [2.05, 4.69) is 15.3 Å². The Morgan fingerprint density at radius 3 is 3.00 bits per heavy atom. The molecule has 0 aromatic carbocycles. The van der Waals surface area contributed by atoms with Gasteiger partial charge in [-0.25, -0.2) is 0 Å². The largest absolute Gasteiger partial charge is 0.388 e. The first-order valence-electron chi connectivity index (χ1n) is 4.18. The Morgan fingerprint density at radius 2 is 2.31 bits per heavy atom. The first-order chi connectivity index (χ1) is 6.40. The maximum atomic E-state index is 4.26. The second-order valence-corrected chi connectivity index (χ2v) is 2.76. The van der Waals surface area contributed by atoms with Crippen LogP contribution < -0.4 is 5.32 Å². The number of H-pyrrole nitrogens is 1. The van der Waals surface area contributed by atoms with Gasteiger partial charge in [0, 0.05) is 25.1 Å². The standard InChI is InChI=1S/C10H11N3/c1-11-8-4-6-13-10(7-8)9-3-2-5-12-9/h2-7,12H,1H3,(H,11,13). The summed E-state index contributed by atoms with van der Waals surface area (Å²) in [5.41, 5.74) is 3.06. The van der Waals surface area contributed by atoms with E-state index >= 15 is 0 Å². The quantitative estimate of drug-likeness (QED) is 0.730. The number of anilines is 1. The lowest BCUT2D eigenvalue weighted by atomic mass is 10.2. The first-order valence-corrected chi connectivity index (χ1v) is 4.18.